The van der Waals surface area contributed by atoms with Gasteiger partial charge in [0.25, 0.3) is 0 Å². The molecule has 1 fully saturated rings. The maximum absolute atomic E-state index is 12.6. The molecule has 154 valence electrons. The highest BCUT2D eigenvalue weighted by molar-refractivity contribution is 5.86. The van der Waals surface area contributed by atoms with E-state index in [4.69, 9.17) is 9.15 Å². The Labute approximate surface area is 160 Å². The van der Waals surface area contributed by atoms with Crippen LogP contribution in [0.4, 0.5) is 0 Å². The molecule has 1 saturated heterocycles. The second kappa shape index (κ2) is 7.78. The Hall–Kier alpha value is -2.01. The fraction of sp³-hybridized carbons (Fsp3) is 0.526. The largest absolute Gasteiger partial charge is 0.507 e. The predicted octanol–water partition coefficient (Wildman–Crippen LogP) is -0.550. The zero-order valence-corrected chi connectivity index (χ0v) is 15.4. The highest BCUT2D eigenvalue weighted by atomic mass is 16.6. The Morgan fingerprint density at radius 3 is 2.46 bits per heavy atom. The summed E-state index contributed by atoms with van der Waals surface area (Å²) < 4.78 is 11.1. The highest BCUT2D eigenvalue weighted by Crippen LogP contribution is 2.43. The van der Waals surface area contributed by atoms with Crippen molar-refractivity contribution in [3.8, 4) is 5.75 Å². The van der Waals surface area contributed by atoms with E-state index in [1.165, 1.54) is 19.1 Å². The average Bonchev–Trinajstić information content (AvgIpc) is 2.58. The summed E-state index contributed by atoms with van der Waals surface area (Å²) in [6.07, 6.45) is -6.94. The van der Waals surface area contributed by atoms with Gasteiger partial charge in [-0.2, -0.15) is 0 Å². The van der Waals surface area contributed by atoms with Gasteiger partial charge in [-0.15, -0.1) is 0 Å². The van der Waals surface area contributed by atoms with Crippen molar-refractivity contribution in [1.82, 2.24) is 0 Å². The van der Waals surface area contributed by atoms with Crippen molar-refractivity contribution in [3.63, 3.8) is 0 Å². The van der Waals surface area contributed by atoms with Gasteiger partial charge in [-0.25, -0.2) is 0 Å². The smallest absolute Gasteiger partial charge is 0.193 e. The van der Waals surface area contributed by atoms with Gasteiger partial charge in [0, 0.05) is 18.4 Å². The van der Waals surface area contributed by atoms with Crippen molar-refractivity contribution in [2.24, 2.45) is 5.92 Å². The summed E-state index contributed by atoms with van der Waals surface area (Å²) in [5.41, 5.74) is -0.0201. The number of aliphatic hydroxyl groups excluding tert-OH is 5. The molecule has 1 aliphatic rings. The number of hydrogen-bond donors (Lipinski definition) is 6. The third kappa shape index (κ3) is 3.52. The minimum atomic E-state index is -1.77. The van der Waals surface area contributed by atoms with Crippen LogP contribution in [0.5, 0.6) is 5.75 Å². The van der Waals surface area contributed by atoms with Gasteiger partial charge in [0.2, 0.25) is 0 Å². The first-order chi connectivity index (χ1) is 13.1. The molecule has 1 aromatic carbocycles. The topological polar surface area (TPSA) is 161 Å². The van der Waals surface area contributed by atoms with Crippen LogP contribution in [0, 0.1) is 12.8 Å². The highest BCUT2D eigenvalue weighted by Gasteiger charge is 2.46. The van der Waals surface area contributed by atoms with E-state index in [0.29, 0.717) is 5.56 Å². The Morgan fingerprint density at radius 2 is 1.86 bits per heavy atom. The van der Waals surface area contributed by atoms with Gasteiger partial charge in [-0.05, 0) is 25.5 Å². The summed E-state index contributed by atoms with van der Waals surface area (Å²) >= 11 is 0. The third-order valence-electron chi connectivity index (χ3n) is 5.01. The molecule has 6 N–H and O–H groups in total. The number of phenols is 1. The minimum absolute atomic E-state index is 0.0279. The van der Waals surface area contributed by atoms with Crippen molar-refractivity contribution >= 4 is 11.0 Å². The molecule has 9 heteroatoms. The molecule has 0 amide bonds. The van der Waals surface area contributed by atoms with Crippen molar-refractivity contribution in [2.45, 2.75) is 51.0 Å². The summed E-state index contributed by atoms with van der Waals surface area (Å²) in [6.45, 7) is 2.51. The second-order valence-corrected chi connectivity index (χ2v) is 7.24. The van der Waals surface area contributed by atoms with E-state index in [9.17, 15) is 35.4 Å². The summed E-state index contributed by atoms with van der Waals surface area (Å²) in [5, 5.41) is 60.0. The van der Waals surface area contributed by atoms with Crippen LogP contribution in [-0.2, 0) is 11.2 Å². The molecular weight excluding hydrogens is 372 g/mol. The van der Waals surface area contributed by atoms with Gasteiger partial charge < -0.3 is 39.8 Å². The number of fused-ring (bicyclic) bond motifs is 1. The molecule has 1 aromatic heterocycles. The number of benzene rings is 1. The zero-order chi connectivity index (χ0) is 20.7. The van der Waals surface area contributed by atoms with Crippen LogP contribution in [-0.4, -0.2) is 61.8 Å². The van der Waals surface area contributed by atoms with E-state index in [0.717, 1.165) is 0 Å². The summed E-state index contributed by atoms with van der Waals surface area (Å²) in [4.78, 5) is 12.6. The maximum Gasteiger partial charge on any atom is 0.193 e. The molecule has 0 saturated carbocycles. The van der Waals surface area contributed by atoms with E-state index < -0.39 is 48.7 Å². The first-order valence-corrected chi connectivity index (χ1v) is 8.93. The first kappa shape index (κ1) is 20.7. The Morgan fingerprint density at radius 1 is 1.18 bits per heavy atom. The molecule has 0 bridgehead atoms. The molecule has 9 nitrogen and oxygen atoms in total. The van der Waals surface area contributed by atoms with Gasteiger partial charge in [0.1, 0.15) is 29.3 Å². The lowest BCUT2D eigenvalue weighted by Gasteiger charge is -2.40. The first-order valence-electron chi connectivity index (χ1n) is 8.93. The SMILES string of the molecule is Cc1cc(O)c([C@H]2O[C@H](O)[C@H](O)[C@H](O)[C@@H]2CO)c2oc(C[C@H](C)O)cc(=O)c12. The van der Waals surface area contributed by atoms with Crippen molar-refractivity contribution < 1.29 is 39.8 Å². The molecular formula is C19H24O9. The van der Waals surface area contributed by atoms with Crippen LogP contribution in [0.2, 0.25) is 0 Å². The van der Waals surface area contributed by atoms with Crippen LogP contribution in [0.3, 0.4) is 0 Å². The predicted molar refractivity (Wildman–Crippen MR) is 96.7 cm³/mol. The van der Waals surface area contributed by atoms with E-state index in [-0.39, 0.29) is 34.5 Å². The molecule has 28 heavy (non-hydrogen) atoms. The van der Waals surface area contributed by atoms with Crippen LogP contribution in [0.25, 0.3) is 11.0 Å². The molecule has 0 spiro atoms. The standard InChI is InChI=1S/C19H24O9/c1-7-3-11(22)14(17-10(6-20)15(24)16(25)19(26)28-17)18-13(7)12(23)5-9(27-18)4-8(2)21/h3,5,8,10,15-17,19-22,24-26H,4,6H2,1-2H3/t8-,10-,15+,16+,17-,19-/m0/s1. The average molecular weight is 396 g/mol. The second-order valence-electron chi connectivity index (χ2n) is 7.24. The lowest BCUT2D eigenvalue weighted by Crippen LogP contribution is -2.52. The Bertz CT molecular complexity index is 920. The van der Waals surface area contributed by atoms with E-state index in [2.05, 4.69) is 0 Å². The maximum atomic E-state index is 12.6. The van der Waals surface area contributed by atoms with Gasteiger partial charge >= 0.3 is 0 Å². The summed E-state index contributed by atoms with van der Waals surface area (Å²) in [5.74, 6) is -1.24. The lowest BCUT2D eigenvalue weighted by atomic mass is 9.84. The summed E-state index contributed by atoms with van der Waals surface area (Å²) in [7, 11) is 0. The monoisotopic (exact) mass is 396 g/mol. The van der Waals surface area contributed by atoms with Crippen LogP contribution in [0.15, 0.2) is 21.3 Å². The normalized spacial score (nSPS) is 29.2. The molecule has 0 unspecified atom stereocenters. The van der Waals surface area contributed by atoms with E-state index in [1.54, 1.807) is 6.92 Å². The molecule has 0 radical (unpaired) electrons. The summed E-state index contributed by atoms with van der Waals surface area (Å²) in [6, 6.07) is 2.58. The molecule has 1 aliphatic heterocycles. The van der Waals surface area contributed by atoms with Crippen LogP contribution >= 0.6 is 0 Å². The number of hydrogen-bond acceptors (Lipinski definition) is 9. The van der Waals surface area contributed by atoms with Crippen LogP contribution < -0.4 is 5.43 Å². The number of aryl methyl sites for hydroxylation is 1. The molecule has 2 aromatic rings. The van der Waals surface area contributed by atoms with E-state index >= 15 is 0 Å². The molecule has 6 atom stereocenters. The number of ether oxygens (including phenoxy) is 1. The van der Waals surface area contributed by atoms with Gasteiger partial charge in [-0.1, -0.05) is 0 Å². The Balaban J connectivity index is 2.27. The van der Waals surface area contributed by atoms with Crippen molar-refractivity contribution in [1.29, 1.82) is 0 Å². The lowest BCUT2D eigenvalue weighted by molar-refractivity contribution is -0.275. The minimum Gasteiger partial charge on any atom is -0.507 e. The van der Waals surface area contributed by atoms with Crippen molar-refractivity contribution in [2.75, 3.05) is 6.61 Å². The van der Waals surface area contributed by atoms with Gasteiger partial charge in [0.05, 0.1) is 29.8 Å². The number of aromatic hydroxyl groups is 1. The number of rotatable bonds is 4. The molecule has 0 aliphatic carbocycles. The van der Waals surface area contributed by atoms with Gasteiger partial charge in [-0.3, -0.25) is 4.79 Å². The fourth-order valence-electron chi connectivity index (χ4n) is 3.66. The molecule has 2 heterocycles. The molecule has 3 rings (SSSR count). The third-order valence-corrected chi connectivity index (χ3v) is 5.01. The van der Waals surface area contributed by atoms with E-state index in [1.807, 2.05) is 0 Å². The number of phenolic OH excluding ortho intramolecular Hbond substituents is 1. The number of aliphatic hydroxyl groups is 5. The van der Waals surface area contributed by atoms with Crippen molar-refractivity contribution in [3.05, 3.63) is 39.2 Å². The van der Waals surface area contributed by atoms with Gasteiger partial charge in [0.15, 0.2) is 11.7 Å². The quantitative estimate of drug-likeness (QED) is 0.398. The fourth-order valence-corrected chi connectivity index (χ4v) is 3.66. The Kier molecular flexibility index (Phi) is 5.76. The zero-order valence-electron chi connectivity index (χ0n) is 15.4. The van der Waals surface area contributed by atoms with Crippen LogP contribution in [0.1, 0.15) is 29.9 Å².